The summed E-state index contributed by atoms with van der Waals surface area (Å²) in [5.74, 6) is 0.838. The molecule has 0 heterocycles. The molecular formula is C13H10N2O6. The van der Waals surface area contributed by atoms with E-state index in [9.17, 15) is 20.2 Å². The Morgan fingerprint density at radius 3 is 1.33 bits per heavy atom. The van der Waals surface area contributed by atoms with Gasteiger partial charge in [-0.2, -0.15) is 0 Å². The molecule has 2 aromatic rings. The fourth-order valence-corrected chi connectivity index (χ4v) is 1.49. The second kappa shape index (κ2) is 6.33. The normalized spacial score (nSPS) is 9.90. The Balaban J connectivity index is 1.86. The Morgan fingerprint density at radius 1 is 0.714 bits per heavy atom. The molecule has 0 spiro atoms. The van der Waals surface area contributed by atoms with Crippen molar-refractivity contribution in [3.05, 3.63) is 68.8 Å². The third kappa shape index (κ3) is 3.90. The number of hydrogen-bond donors (Lipinski definition) is 0. The molecule has 0 aliphatic heterocycles. The first-order chi connectivity index (χ1) is 10.1. The number of ether oxygens (including phenoxy) is 2. The van der Waals surface area contributed by atoms with E-state index in [2.05, 4.69) is 0 Å². The summed E-state index contributed by atoms with van der Waals surface area (Å²) in [5, 5.41) is 21.0. The van der Waals surface area contributed by atoms with Crippen LogP contribution in [-0.4, -0.2) is 16.6 Å². The summed E-state index contributed by atoms with van der Waals surface area (Å²) in [6.07, 6.45) is 0. The fourth-order valence-electron chi connectivity index (χ4n) is 1.49. The molecule has 0 saturated heterocycles. The third-order valence-electron chi connectivity index (χ3n) is 2.55. The van der Waals surface area contributed by atoms with E-state index in [1.165, 1.54) is 48.5 Å². The number of non-ortho nitro benzene ring substituents is 2. The SMILES string of the molecule is O=[N+]([O-])c1ccc(OCOc2ccc([N+](=O)[O-])cc2)cc1. The smallest absolute Gasteiger partial charge is 0.269 e. The van der Waals surface area contributed by atoms with Crippen molar-refractivity contribution in [2.75, 3.05) is 6.79 Å². The van der Waals surface area contributed by atoms with Gasteiger partial charge in [0.05, 0.1) is 9.85 Å². The van der Waals surface area contributed by atoms with E-state index in [4.69, 9.17) is 9.47 Å². The fraction of sp³-hybridized carbons (Fsp3) is 0.0769. The van der Waals surface area contributed by atoms with Gasteiger partial charge in [-0.15, -0.1) is 0 Å². The van der Waals surface area contributed by atoms with Crippen LogP contribution in [0.1, 0.15) is 0 Å². The van der Waals surface area contributed by atoms with Crippen molar-refractivity contribution in [3.8, 4) is 11.5 Å². The quantitative estimate of drug-likeness (QED) is 0.460. The van der Waals surface area contributed by atoms with Gasteiger partial charge in [-0.05, 0) is 24.3 Å². The van der Waals surface area contributed by atoms with Crippen LogP contribution in [0.3, 0.4) is 0 Å². The zero-order chi connectivity index (χ0) is 15.2. The maximum absolute atomic E-state index is 10.5. The van der Waals surface area contributed by atoms with Gasteiger partial charge in [0.15, 0.2) is 0 Å². The van der Waals surface area contributed by atoms with Crippen LogP contribution in [-0.2, 0) is 0 Å². The van der Waals surface area contributed by atoms with E-state index in [1.807, 2.05) is 0 Å². The van der Waals surface area contributed by atoms with Gasteiger partial charge in [0.25, 0.3) is 11.4 Å². The Hall–Kier alpha value is -3.16. The molecule has 0 aromatic heterocycles. The molecule has 0 atom stereocenters. The van der Waals surface area contributed by atoms with Gasteiger partial charge in [-0.1, -0.05) is 0 Å². The monoisotopic (exact) mass is 290 g/mol. The molecule has 8 nitrogen and oxygen atoms in total. The Morgan fingerprint density at radius 2 is 1.05 bits per heavy atom. The van der Waals surface area contributed by atoms with Gasteiger partial charge in [-0.3, -0.25) is 20.2 Å². The van der Waals surface area contributed by atoms with Crippen molar-refractivity contribution in [1.29, 1.82) is 0 Å². The molecule has 0 aliphatic carbocycles. The van der Waals surface area contributed by atoms with Crippen LogP contribution in [0.25, 0.3) is 0 Å². The highest BCUT2D eigenvalue weighted by atomic mass is 16.7. The van der Waals surface area contributed by atoms with Crippen LogP contribution in [0.4, 0.5) is 11.4 Å². The van der Waals surface area contributed by atoms with Crippen LogP contribution in [0.2, 0.25) is 0 Å². The molecule has 0 aliphatic rings. The number of nitrogens with zero attached hydrogens (tertiary/aromatic N) is 2. The van der Waals surface area contributed by atoms with Gasteiger partial charge in [0.2, 0.25) is 6.79 Å². The minimum absolute atomic E-state index is 0.0290. The number of nitro groups is 2. The van der Waals surface area contributed by atoms with Crippen molar-refractivity contribution in [1.82, 2.24) is 0 Å². The molecule has 108 valence electrons. The molecule has 2 rings (SSSR count). The van der Waals surface area contributed by atoms with E-state index in [0.717, 1.165) is 0 Å². The van der Waals surface area contributed by atoms with E-state index in [0.29, 0.717) is 11.5 Å². The summed E-state index contributed by atoms with van der Waals surface area (Å²) in [7, 11) is 0. The van der Waals surface area contributed by atoms with Gasteiger partial charge in [0.1, 0.15) is 11.5 Å². The third-order valence-corrected chi connectivity index (χ3v) is 2.55. The molecule has 0 N–H and O–H groups in total. The molecule has 21 heavy (non-hydrogen) atoms. The minimum atomic E-state index is -0.503. The topological polar surface area (TPSA) is 105 Å². The predicted octanol–water partition coefficient (Wildman–Crippen LogP) is 2.92. The lowest BCUT2D eigenvalue weighted by atomic mass is 10.3. The Kier molecular flexibility index (Phi) is 4.30. The van der Waals surface area contributed by atoms with Gasteiger partial charge in [-0.25, -0.2) is 0 Å². The van der Waals surface area contributed by atoms with Crippen molar-refractivity contribution < 1.29 is 19.3 Å². The lowest BCUT2D eigenvalue weighted by molar-refractivity contribution is -0.385. The number of hydrogen-bond acceptors (Lipinski definition) is 6. The van der Waals surface area contributed by atoms with Crippen molar-refractivity contribution in [3.63, 3.8) is 0 Å². The summed E-state index contributed by atoms with van der Waals surface area (Å²) in [4.78, 5) is 20.0. The molecule has 0 amide bonds. The van der Waals surface area contributed by atoms with Crippen molar-refractivity contribution >= 4 is 11.4 Å². The molecule has 0 saturated carbocycles. The molecule has 0 bridgehead atoms. The highest BCUT2D eigenvalue weighted by Crippen LogP contribution is 2.19. The second-order valence-electron chi connectivity index (χ2n) is 3.91. The lowest BCUT2D eigenvalue weighted by Crippen LogP contribution is -2.05. The Bertz CT molecular complexity index is 581. The summed E-state index contributed by atoms with van der Waals surface area (Å²) < 4.78 is 10.5. The summed E-state index contributed by atoms with van der Waals surface area (Å²) >= 11 is 0. The molecule has 8 heteroatoms. The first kappa shape index (κ1) is 14.3. The lowest BCUT2D eigenvalue weighted by Gasteiger charge is -2.08. The highest BCUT2D eigenvalue weighted by molar-refractivity contribution is 5.37. The predicted molar refractivity (Wildman–Crippen MR) is 72.3 cm³/mol. The average molecular weight is 290 g/mol. The largest absolute Gasteiger partial charge is 0.457 e. The summed E-state index contributed by atoms with van der Waals surface area (Å²) in [6.45, 7) is -0.115. The van der Waals surface area contributed by atoms with Crippen molar-refractivity contribution in [2.45, 2.75) is 0 Å². The molecule has 0 fully saturated rings. The van der Waals surface area contributed by atoms with E-state index >= 15 is 0 Å². The Labute approximate surface area is 118 Å². The van der Waals surface area contributed by atoms with E-state index in [1.54, 1.807) is 0 Å². The van der Waals surface area contributed by atoms with Gasteiger partial charge in [0, 0.05) is 24.3 Å². The minimum Gasteiger partial charge on any atom is -0.457 e. The van der Waals surface area contributed by atoms with Crippen molar-refractivity contribution in [2.24, 2.45) is 0 Å². The van der Waals surface area contributed by atoms with Crippen LogP contribution in [0.15, 0.2) is 48.5 Å². The zero-order valence-electron chi connectivity index (χ0n) is 10.7. The average Bonchev–Trinajstić information content (AvgIpc) is 2.48. The number of benzene rings is 2. The van der Waals surface area contributed by atoms with E-state index in [-0.39, 0.29) is 18.2 Å². The van der Waals surface area contributed by atoms with E-state index < -0.39 is 9.85 Å². The maximum atomic E-state index is 10.5. The van der Waals surface area contributed by atoms with Crippen LogP contribution in [0.5, 0.6) is 11.5 Å². The molecular weight excluding hydrogens is 280 g/mol. The van der Waals surface area contributed by atoms with Crippen LogP contribution >= 0.6 is 0 Å². The van der Waals surface area contributed by atoms with Gasteiger partial charge >= 0.3 is 0 Å². The second-order valence-corrected chi connectivity index (χ2v) is 3.91. The zero-order valence-corrected chi connectivity index (χ0v) is 10.7. The van der Waals surface area contributed by atoms with Gasteiger partial charge < -0.3 is 9.47 Å². The van der Waals surface area contributed by atoms with Crippen LogP contribution in [0, 0.1) is 20.2 Å². The molecule has 2 aromatic carbocycles. The van der Waals surface area contributed by atoms with Crippen LogP contribution < -0.4 is 9.47 Å². The molecule has 0 unspecified atom stereocenters. The molecule has 0 radical (unpaired) electrons. The summed E-state index contributed by atoms with van der Waals surface area (Å²) in [5.41, 5.74) is -0.0581. The first-order valence-electron chi connectivity index (χ1n) is 5.81. The maximum Gasteiger partial charge on any atom is 0.269 e. The number of rotatable bonds is 6. The standard InChI is InChI=1S/C13H10N2O6/c16-14(17)10-1-5-12(6-2-10)20-9-21-13-7-3-11(4-8-13)15(18)19/h1-8H,9H2. The number of nitro benzene ring substituents is 2. The first-order valence-corrected chi connectivity index (χ1v) is 5.81. The summed E-state index contributed by atoms with van der Waals surface area (Å²) in [6, 6.07) is 11.1. The highest BCUT2D eigenvalue weighted by Gasteiger charge is 2.06.